The number of hydrogen-bond donors (Lipinski definition) is 0. The molecule has 0 radical (unpaired) electrons. The van der Waals surface area contributed by atoms with Gasteiger partial charge < -0.3 is 0 Å². The molecule has 7 heteroatoms. The smallest absolute Gasteiger partial charge is 0.257 e. The molecule has 26 heavy (non-hydrogen) atoms. The largest absolute Gasteiger partial charge is 0.373 e. The summed E-state index contributed by atoms with van der Waals surface area (Å²) in [7, 11) is -3.40. The summed E-state index contributed by atoms with van der Waals surface area (Å²) >= 11 is 0. The number of nitrogens with zero attached hydrogens (tertiary/aromatic N) is 2. The summed E-state index contributed by atoms with van der Waals surface area (Å²) in [5.74, 6) is 0.663. The van der Waals surface area contributed by atoms with Gasteiger partial charge in [-0.3, -0.25) is 4.99 Å². The average Bonchev–Trinajstić information content (AvgIpc) is 2.84. The van der Waals surface area contributed by atoms with Crippen molar-refractivity contribution in [2.24, 2.45) is 10.9 Å². The first-order valence-corrected chi connectivity index (χ1v) is 10.3. The van der Waals surface area contributed by atoms with Crippen molar-refractivity contribution in [2.75, 3.05) is 13.1 Å². The van der Waals surface area contributed by atoms with Crippen molar-refractivity contribution in [1.82, 2.24) is 4.31 Å². The van der Waals surface area contributed by atoms with Crippen LogP contribution in [0.25, 0.3) is 0 Å². The molecule has 1 aromatic rings. The Morgan fingerprint density at radius 1 is 1.23 bits per heavy atom. The number of hydrogen-bond acceptors (Lipinski definition) is 5. The summed E-state index contributed by atoms with van der Waals surface area (Å²) in [6.45, 7) is 9.65. The molecule has 0 spiro atoms. The maximum absolute atomic E-state index is 13.0. The second-order valence-electron chi connectivity index (χ2n) is 7.34. The Bertz CT molecular complexity index is 829. The average molecular weight is 378 g/mol. The topological polar surface area (TPSA) is 83.9 Å². The van der Waals surface area contributed by atoms with E-state index < -0.39 is 10.0 Å². The molecule has 0 unspecified atom stereocenters. The van der Waals surface area contributed by atoms with Crippen molar-refractivity contribution in [3.63, 3.8) is 0 Å². The molecule has 0 saturated carbocycles. The number of piperidine rings is 1. The van der Waals surface area contributed by atoms with Gasteiger partial charge in [0.25, 0.3) is 0 Å². The van der Waals surface area contributed by atoms with E-state index >= 15 is 0 Å². The van der Waals surface area contributed by atoms with Crippen LogP contribution in [0.4, 0.5) is 5.69 Å². The van der Waals surface area contributed by atoms with Crippen molar-refractivity contribution < 1.29 is 18.0 Å². The van der Waals surface area contributed by atoms with Gasteiger partial charge in [-0.1, -0.05) is 27.2 Å². The van der Waals surface area contributed by atoms with E-state index in [2.05, 4.69) is 25.8 Å². The molecule has 2 aliphatic heterocycles. The summed E-state index contributed by atoms with van der Waals surface area (Å²) in [4.78, 5) is 21.2. The maximum atomic E-state index is 13.0. The first-order valence-electron chi connectivity index (χ1n) is 8.88. The van der Waals surface area contributed by atoms with Gasteiger partial charge in [-0.15, -0.1) is 0 Å². The summed E-state index contributed by atoms with van der Waals surface area (Å²) in [5, 5.41) is 0. The van der Waals surface area contributed by atoms with Crippen LogP contribution in [0.2, 0.25) is 0 Å². The zero-order valence-electron chi connectivity index (χ0n) is 15.8. The third-order valence-corrected chi connectivity index (χ3v) is 7.52. The Kier molecular flexibility index (Phi) is 6.17. The lowest BCUT2D eigenvalue weighted by atomic mass is 9.82. The van der Waals surface area contributed by atoms with Crippen LogP contribution < -0.4 is 0 Å². The van der Waals surface area contributed by atoms with Crippen molar-refractivity contribution in [2.45, 2.75) is 57.3 Å². The van der Waals surface area contributed by atoms with E-state index in [1.54, 1.807) is 10.4 Å². The van der Waals surface area contributed by atoms with Crippen LogP contribution in [-0.4, -0.2) is 37.7 Å². The molecule has 3 rings (SSSR count). The van der Waals surface area contributed by atoms with Gasteiger partial charge in [0.05, 0.1) is 10.6 Å². The van der Waals surface area contributed by atoms with Crippen molar-refractivity contribution in [3.05, 3.63) is 23.8 Å². The van der Waals surface area contributed by atoms with Gasteiger partial charge in [0.1, 0.15) is 0 Å². The fraction of sp³-hybridized carbons (Fsp3) is 0.579. The Labute approximate surface area is 155 Å². The Morgan fingerprint density at radius 2 is 1.81 bits per heavy atom. The lowest BCUT2D eigenvalue weighted by Crippen LogP contribution is -2.38. The van der Waals surface area contributed by atoms with Gasteiger partial charge >= 0.3 is 6.15 Å². The minimum Gasteiger partial charge on any atom is -0.257 e. The SMILES string of the molecule is CCC1CCN(S(=O)(=O)c2ccc3c(c2)C(C)(C)C(C)=N3)CC1.O=C=O. The number of aliphatic imine (C=N–C) groups is 1. The van der Waals surface area contributed by atoms with E-state index in [4.69, 9.17) is 9.59 Å². The minimum absolute atomic E-state index is 0.198. The zero-order chi connectivity index (χ0) is 19.5. The van der Waals surface area contributed by atoms with E-state index in [0.717, 1.165) is 36.2 Å². The summed E-state index contributed by atoms with van der Waals surface area (Å²) < 4.78 is 27.6. The molecule has 0 aliphatic carbocycles. The number of fused-ring (bicyclic) bond motifs is 1. The van der Waals surface area contributed by atoms with Gasteiger partial charge in [0, 0.05) is 24.2 Å². The Morgan fingerprint density at radius 3 is 2.35 bits per heavy atom. The van der Waals surface area contributed by atoms with Crippen LogP contribution in [0.15, 0.2) is 28.1 Å². The molecular formula is C19H26N2O4S. The van der Waals surface area contributed by atoms with Gasteiger partial charge in [0.15, 0.2) is 0 Å². The fourth-order valence-corrected chi connectivity index (χ4v) is 4.99. The van der Waals surface area contributed by atoms with Crippen LogP contribution in [0.5, 0.6) is 0 Å². The van der Waals surface area contributed by atoms with Gasteiger partial charge in [-0.2, -0.15) is 13.9 Å². The third kappa shape index (κ3) is 3.80. The van der Waals surface area contributed by atoms with Crippen molar-refractivity contribution >= 4 is 27.6 Å². The third-order valence-electron chi connectivity index (χ3n) is 5.62. The standard InChI is InChI=1S/C18H26N2O2S.CO2/c1-5-14-8-10-20(11-9-14)23(21,22)15-6-7-17-16(12-15)18(3,4)13(2)19-17;2-1-3/h6-7,12,14H,5,8-11H2,1-4H3;. The molecule has 2 heterocycles. The van der Waals surface area contributed by atoms with Crippen LogP contribution >= 0.6 is 0 Å². The predicted molar refractivity (Wildman–Crippen MR) is 99.0 cm³/mol. The lowest BCUT2D eigenvalue weighted by Gasteiger charge is -2.31. The lowest BCUT2D eigenvalue weighted by molar-refractivity contribution is -0.191. The number of benzene rings is 1. The van der Waals surface area contributed by atoms with Gasteiger partial charge in [-0.05, 0) is 49.4 Å². The van der Waals surface area contributed by atoms with Crippen LogP contribution in [0, 0.1) is 5.92 Å². The van der Waals surface area contributed by atoms with E-state index in [1.165, 1.54) is 0 Å². The molecule has 1 aromatic carbocycles. The maximum Gasteiger partial charge on any atom is 0.373 e. The molecular weight excluding hydrogens is 352 g/mol. The second kappa shape index (κ2) is 7.82. The second-order valence-corrected chi connectivity index (χ2v) is 9.28. The molecule has 0 amide bonds. The van der Waals surface area contributed by atoms with E-state index in [9.17, 15) is 8.42 Å². The summed E-state index contributed by atoms with van der Waals surface area (Å²) in [5.41, 5.74) is 2.75. The van der Waals surface area contributed by atoms with E-state index in [1.807, 2.05) is 19.1 Å². The highest BCUT2D eigenvalue weighted by atomic mass is 32.2. The Hall–Kier alpha value is -1.82. The molecule has 0 aromatic heterocycles. The molecule has 6 nitrogen and oxygen atoms in total. The van der Waals surface area contributed by atoms with E-state index in [0.29, 0.717) is 23.9 Å². The molecule has 0 atom stereocenters. The highest BCUT2D eigenvalue weighted by Crippen LogP contribution is 2.41. The summed E-state index contributed by atoms with van der Waals surface area (Å²) in [6.07, 6.45) is 3.32. The van der Waals surface area contributed by atoms with Gasteiger partial charge in [-0.25, -0.2) is 8.42 Å². The highest BCUT2D eigenvalue weighted by Gasteiger charge is 2.35. The number of carbonyl (C=O) groups excluding carboxylic acids is 2. The highest BCUT2D eigenvalue weighted by molar-refractivity contribution is 7.89. The molecule has 1 fully saturated rings. The first kappa shape index (κ1) is 20.5. The molecule has 2 aliphatic rings. The zero-order valence-corrected chi connectivity index (χ0v) is 16.6. The van der Waals surface area contributed by atoms with E-state index in [-0.39, 0.29) is 11.6 Å². The van der Waals surface area contributed by atoms with Gasteiger partial charge in [0.2, 0.25) is 10.0 Å². The minimum atomic E-state index is -3.40. The molecule has 0 bridgehead atoms. The van der Waals surface area contributed by atoms with Crippen molar-refractivity contribution in [1.29, 1.82) is 0 Å². The quantitative estimate of drug-likeness (QED) is 0.808. The molecule has 142 valence electrons. The normalized spacial score (nSPS) is 19.8. The van der Waals surface area contributed by atoms with Crippen LogP contribution in [-0.2, 0) is 25.0 Å². The fourth-order valence-electron chi connectivity index (χ4n) is 3.50. The van der Waals surface area contributed by atoms with Crippen molar-refractivity contribution in [3.8, 4) is 0 Å². The van der Waals surface area contributed by atoms with Crippen LogP contribution in [0.1, 0.15) is 52.5 Å². The summed E-state index contributed by atoms with van der Waals surface area (Å²) in [6, 6.07) is 5.38. The Balaban J connectivity index is 0.000000758. The molecule has 0 N–H and O–H groups in total. The monoisotopic (exact) mass is 378 g/mol. The predicted octanol–water partition coefficient (Wildman–Crippen LogP) is 3.30. The molecule has 1 saturated heterocycles. The number of rotatable bonds is 3. The van der Waals surface area contributed by atoms with Crippen LogP contribution in [0.3, 0.4) is 0 Å². The first-order chi connectivity index (χ1) is 12.2. The number of sulfonamides is 1.